The van der Waals surface area contributed by atoms with Crippen LogP contribution < -0.4 is 10.6 Å². The Morgan fingerprint density at radius 1 is 1.00 bits per heavy atom. The van der Waals surface area contributed by atoms with Crippen LogP contribution in [-0.4, -0.2) is 15.9 Å². The van der Waals surface area contributed by atoms with E-state index < -0.39 is 23.5 Å². The average Bonchev–Trinajstić information content (AvgIpc) is 2.67. The number of carbonyl (C=O) groups is 1. The summed E-state index contributed by atoms with van der Waals surface area (Å²) in [5.41, 5.74) is -0.896. The molecule has 0 radical (unpaired) electrons. The van der Waals surface area contributed by atoms with Crippen LogP contribution in [0.2, 0.25) is 0 Å². The van der Waals surface area contributed by atoms with Crippen LogP contribution in [-0.2, 0) is 12.7 Å². The van der Waals surface area contributed by atoms with E-state index in [4.69, 9.17) is 0 Å². The van der Waals surface area contributed by atoms with Crippen LogP contribution in [0.1, 0.15) is 21.6 Å². The zero-order valence-corrected chi connectivity index (χ0v) is 14.3. The standard InChI is InChI=1S/C19H14F4N4O/c20-14-7-3-1-5-12(14)11-25-17(28)16-9-10-24-18(27-16)26-15-8-4-2-6-13(15)19(21,22)23/h1-10H,11H2,(H,25,28)(H,24,26,27). The van der Waals surface area contributed by atoms with Gasteiger partial charge >= 0.3 is 6.18 Å². The number of nitrogens with zero attached hydrogens (tertiary/aromatic N) is 2. The monoisotopic (exact) mass is 390 g/mol. The molecule has 1 aromatic heterocycles. The highest BCUT2D eigenvalue weighted by Crippen LogP contribution is 2.35. The number of hydrogen-bond donors (Lipinski definition) is 2. The minimum absolute atomic E-state index is 0.0603. The Morgan fingerprint density at radius 2 is 1.71 bits per heavy atom. The molecular formula is C19H14F4N4O. The van der Waals surface area contributed by atoms with E-state index in [9.17, 15) is 22.4 Å². The van der Waals surface area contributed by atoms with E-state index in [-0.39, 0.29) is 23.9 Å². The van der Waals surface area contributed by atoms with Gasteiger partial charge in [-0.05, 0) is 24.3 Å². The van der Waals surface area contributed by atoms with E-state index >= 15 is 0 Å². The Kier molecular flexibility index (Phi) is 5.53. The number of hydrogen-bond acceptors (Lipinski definition) is 4. The Labute approximate surface area is 157 Å². The SMILES string of the molecule is O=C(NCc1ccccc1F)c1ccnc(Nc2ccccc2C(F)(F)F)n1. The number of aromatic nitrogens is 2. The molecule has 28 heavy (non-hydrogen) atoms. The summed E-state index contributed by atoms with van der Waals surface area (Å²) in [6, 6.07) is 12.1. The maximum atomic E-state index is 13.6. The topological polar surface area (TPSA) is 66.9 Å². The van der Waals surface area contributed by atoms with Crippen molar-refractivity contribution in [3.8, 4) is 0 Å². The molecule has 2 N–H and O–H groups in total. The van der Waals surface area contributed by atoms with Gasteiger partial charge < -0.3 is 10.6 Å². The highest BCUT2D eigenvalue weighted by atomic mass is 19.4. The van der Waals surface area contributed by atoms with Crippen molar-refractivity contribution in [3.05, 3.63) is 83.4 Å². The molecule has 3 rings (SSSR count). The van der Waals surface area contributed by atoms with Crippen LogP contribution in [0.4, 0.5) is 29.2 Å². The van der Waals surface area contributed by atoms with Gasteiger partial charge in [0.1, 0.15) is 11.5 Å². The molecule has 0 aliphatic rings. The number of amides is 1. The van der Waals surface area contributed by atoms with E-state index in [2.05, 4.69) is 20.6 Å². The molecule has 0 fully saturated rings. The fourth-order valence-corrected chi connectivity index (χ4v) is 2.41. The van der Waals surface area contributed by atoms with Crippen LogP contribution in [0.5, 0.6) is 0 Å². The van der Waals surface area contributed by atoms with Gasteiger partial charge in [0.05, 0.1) is 11.3 Å². The number of halogens is 4. The zero-order valence-electron chi connectivity index (χ0n) is 14.3. The summed E-state index contributed by atoms with van der Waals surface area (Å²) < 4.78 is 52.8. The number of alkyl halides is 3. The van der Waals surface area contributed by atoms with Crippen LogP contribution in [0.25, 0.3) is 0 Å². The first-order chi connectivity index (χ1) is 13.3. The molecule has 0 aliphatic heterocycles. The lowest BCUT2D eigenvalue weighted by Gasteiger charge is -2.13. The predicted octanol–water partition coefficient (Wildman–Crippen LogP) is 4.31. The number of rotatable bonds is 5. The summed E-state index contributed by atoms with van der Waals surface area (Å²) in [7, 11) is 0. The molecule has 0 atom stereocenters. The first-order valence-corrected chi connectivity index (χ1v) is 8.12. The minimum atomic E-state index is -4.56. The molecule has 144 valence electrons. The maximum absolute atomic E-state index is 13.6. The normalized spacial score (nSPS) is 11.1. The van der Waals surface area contributed by atoms with Gasteiger partial charge in [-0.3, -0.25) is 4.79 Å². The fourth-order valence-electron chi connectivity index (χ4n) is 2.41. The van der Waals surface area contributed by atoms with Crippen LogP contribution >= 0.6 is 0 Å². The zero-order chi connectivity index (χ0) is 20.1. The van der Waals surface area contributed by atoms with Crippen molar-refractivity contribution in [2.24, 2.45) is 0 Å². The van der Waals surface area contributed by atoms with Gasteiger partial charge in [-0.2, -0.15) is 13.2 Å². The number of benzene rings is 2. The van der Waals surface area contributed by atoms with Crippen molar-refractivity contribution in [3.63, 3.8) is 0 Å². The van der Waals surface area contributed by atoms with Gasteiger partial charge in [-0.15, -0.1) is 0 Å². The van der Waals surface area contributed by atoms with Crippen molar-refractivity contribution < 1.29 is 22.4 Å². The third-order valence-electron chi connectivity index (χ3n) is 3.76. The van der Waals surface area contributed by atoms with E-state index in [0.717, 1.165) is 6.07 Å². The van der Waals surface area contributed by atoms with Gasteiger partial charge in [0.15, 0.2) is 0 Å². The van der Waals surface area contributed by atoms with Gasteiger partial charge in [0, 0.05) is 18.3 Å². The van der Waals surface area contributed by atoms with Gasteiger partial charge in [0.2, 0.25) is 5.95 Å². The van der Waals surface area contributed by atoms with Crippen molar-refractivity contribution in [2.75, 3.05) is 5.32 Å². The summed E-state index contributed by atoms with van der Waals surface area (Å²) in [4.78, 5) is 20.0. The molecule has 1 heterocycles. The quantitative estimate of drug-likeness (QED) is 0.638. The van der Waals surface area contributed by atoms with Crippen molar-refractivity contribution >= 4 is 17.5 Å². The Morgan fingerprint density at radius 3 is 2.46 bits per heavy atom. The third kappa shape index (κ3) is 4.61. The molecular weight excluding hydrogens is 376 g/mol. The highest BCUT2D eigenvalue weighted by molar-refractivity contribution is 5.92. The molecule has 0 saturated carbocycles. The lowest BCUT2D eigenvalue weighted by molar-refractivity contribution is -0.136. The summed E-state index contributed by atoms with van der Waals surface area (Å²) in [6.07, 6.45) is -3.32. The summed E-state index contributed by atoms with van der Waals surface area (Å²) in [5, 5.41) is 4.98. The molecule has 3 aromatic rings. The molecule has 5 nitrogen and oxygen atoms in total. The number of nitrogens with one attached hydrogen (secondary N) is 2. The maximum Gasteiger partial charge on any atom is 0.418 e. The smallest absolute Gasteiger partial charge is 0.347 e. The largest absolute Gasteiger partial charge is 0.418 e. The first kappa shape index (κ1) is 19.3. The molecule has 0 saturated heterocycles. The lowest BCUT2D eigenvalue weighted by Crippen LogP contribution is -2.24. The Hall–Kier alpha value is -3.49. The number of anilines is 2. The molecule has 2 aromatic carbocycles. The van der Waals surface area contributed by atoms with Crippen LogP contribution in [0, 0.1) is 5.82 Å². The van der Waals surface area contributed by atoms with Gasteiger partial charge in [-0.25, -0.2) is 14.4 Å². The average molecular weight is 390 g/mol. The second-order valence-corrected chi connectivity index (χ2v) is 5.71. The Bertz CT molecular complexity index is 991. The molecule has 9 heteroatoms. The molecule has 1 amide bonds. The lowest BCUT2D eigenvalue weighted by atomic mass is 10.1. The Balaban J connectivity index is 1.74. The summed E-state index contributed by atoms with van der Waals surface area (Å²) in [6.45, 7) is -0.0603. The summed E-state index contributed by atoms with van der Waals surface area (Å²) >= 11 is 0. The van der Waals surface area contributed by atoms with E-state index in [1.54, 1.807) is 6.07 Å². The fraction of sp³-hybridized carbons (Fsp3) is 0.105. The molecule has 0 bridgehead atoms. The van der Waals surface area contributed by atoms with Crippen molar-refractivity contribution in [1.82, 2.24) is 15.3 Å². The second-order valence-electron chi connectivity index (χ2n) is 5.71. The molecule has 0 spiro atoms. The second kappa shape index (κ2) is 8.03. The van der Waals surface area contributed by atoms with E-state index in [1.807, 2.05) is 0 Å². The number of para-hydroxylation sites is 1. The predicted molar refractivity (Wildman–Crippen MR) is 94.3 cm³/mol. The van der Waals surface area contributed by atoms with Gasteiger partial charge in [0.25, 0.3) is 5.91 Å². The van der Waals surface area contributed by atoms with E-state index in [0.29, 0.717) is 5.56 Å². The molecule has 0 aliphatic carbocycles. The van der Waals surface area contributed by atoms with Gasteiger partial charge in [-0.1, -0.05) is 30.3 Å². The molecule has 0 unspecified atom stereocenters. The first-order valence-electron chi connectivity index (χ1n) is 8.12. The number of carbonyl (C=O) groups excluding carboxylic acids is 1. The highest BCUT2D eigenvalue weighted by Gasteiger charge is 2.33. The van der Waals surface area contributed by atoms with Crippen LogP contribution in [0.15, 0.2) is 60.8 Å². The van der Waals surface area contributed by atoms with Crippen LogP contribution in [0.3, 0.4) is 0 Å². The summed E-state index contributed by atoms with van der Waals surface area (Å²) in [5.74, 6) is -1.25. The van der Waals surface area contributed by atoms with E-state index in [1.165, 1.54) is 48.7 Å². The third-order valence-corrected chi connectivity index (χ3v) is 3.76. The van der Waals surface area contributed by atoms with Crippen molar-refractivity contribution in [2.45, 2.75) is 12.7 Å². The van der Waals surface area contributed by atoms with Crippen molar-refractivity contribution in [1.29, 1.82) is 0 Å². The minimum Gasteiger partial charge on any atom is -0.347 e.